The summed E-state index contributed by atoms with van der Waals surface area (Å²) < 4.78 is 0. The molecular weight excluding hydrogens is 162 g/mol. The fourth-order valence-electron chi connectivity index (χ4n) is 1.07. The largest absolute Gasteiger partial charge is 0.387 e. The Morgan fingerprint density at radius 1 is 1.67 bits per heavy atom. The summed E-state index contributed by atoms with van der Waals surface area (Å²) in [6.45, 7) is 0. The maximum atomic E-state index is 10.6. The minimum absolute atomic E-state index is 0.109. The van der Waals surface area contributed by atoms with Gasteiger partial charge < -0.3 is 21.1 Å². The number of aliphatic hydroxyl groups excluding tert-OH is 1. The van der Waals surface area contributed by atoms with Crippen LogP contribution in [-0.2, 0) is 4.79 Å². The second-order valence-electron chi connectivity index (χ2n) is 2.90. The second kappa shape index (κ2) is 2.85. The van der Waals surface area contributed by atoms with Gasteiger partial charge in [0.25, 0.3) is 0 Å². The predicted molar refractivity (Wildman–Crippen MR) is 39.7 cm³/mol. The summed E-state index contributed by atoms with van der Waals surface area (Å²) in [5, 5.41) is 27.2. The third kappa shape index (κ3) is 1.63. The maximum Gasteiger partial charge on any atom is 0.244 e. The fourth-order valence-corrected chi connectivity index (χ4v) is 1.07. The van der Waals surface area contributed by atoms with Crippen LogP contribution in [0.2, 0.25) is 0 Å². The Bertz CT molecular complexity index is 234. The predicted octanol–water partition coefficient (Wildman–Crippen LogP) is -1.77. The summed E-state index contributed by atoms with van der Waals surface area (Å²) in [5.41, 5.74) is 5.17. The number of hydrogen-bond acceptors (Lipinski definition) is 4. The van der Waals surface area contributed by atoms with Crippen molar-refractivity contribution in [2.24, 2.45) is 5.73 Å². The molecule has 0 heterocycles. The van der Waals surface area contributed by atoms with Crippen molar-refractivity contribution in [3.63, 3.8) is 0 Å². The lowest BCUT2D eigenvalue weighted by atomic mass is 9.91. The van der Waals surface area contributed by atoms with Crippen LogP contribution in [0.5, 0.6) is 0 Å². The van der Waals surface area contributed by atoms with Gasteiger partial charge in [0.2, 0.25) is 5.91 Å². The average molecular weight is 173 g/mol. The second-order valence-corrected chi connectivity index (χ2v) is 2.90. The lowest BCUT2D eigenvalue weighted by Gasteiger charge is -2.30. The molecule has 0 radical (unpaired) electrons. The zero-order valence-corrected chi connectivity index (χ0v) is 6.40. The van der Waals surface area contributed by atoms with Gasteiger partial charge in [-0.25, -0.2) is 0 Å². The highest BCUT2D eigenvalue weighted by molar-refractivity contribution is 5.92. The number of aliphatic hydroxyl groups is 3. The molecule has 0 spiro atoms. The molecule has 1 rings (SSSR count). The lowest BCUT2D eigenvalue weighted by molar-refractivity contribution is -0.224. The van der Waals surface area contributed by atoms with Gasteiger partial charge in [-0.05, 0) is 0 Å². The van der Waals surface area contributed by atoms with Crippen LogP contribution >= 0.6 is 0 Å². The molecule has 1 atom stereocenters. The van der Waals surface area contributed by atoms with Crippen LogP contribution in [0.15, 0.2) is 11.6 Å². The Kier molecular flexibility index (Phi) is 2.18. The van der Waals surface area contributed by atoms with E-state index in [1.54, 1.807) is 0 Å². The molecule has 68 valence electrons. The highest BCUT2D eigenvalue weighted by atomic mass is 16.5. The number of carbonyl (C=O) groups is 1. The molecule has 1 unspecified atom stereocenters. The van der Waals surface area contributed by atoms with Crippen LogP contribution in [0.25, 0.3) is 0 Å². The molecule has 0 fully saturated rings. The van der Waals surface area contributed by atoms with Crippen LogP contribution in [0.3, 0.4) is 0 Å². The van der Waals surface area contributed by atoms with Gasteiger partial charge in [0.05, 0.1) is 0 Å². The highest BCUT2D eigenvalue weighted by Crippen LogP contribution is 2.25. The zero-order chi connectivity index (χ0) is 9.35. The van der Waals surface area contributed by atoms with Gasteiger partial charge in [-0.2, -0.15) is 0 Å². The molecule has 12 heavy (non-hydrogen) atoms. The van der Waals surface area contributed by atoms with E-state index in [1.807, 2.05) is 0 Å². The number of amides is 1. The first kappa shape index (κ1) is 9.18. The zero-order valence-electron chi connectivity index (χ0n) is 6.40. The molecule has 0 saturated carbocycles. The molecule has 5 nitrogen and oxygen atoms in total. The van der Waals surface area contributed by atoms with Crippen molar-refractivity contribution in [3.8, 4) is 0 Å². The number of nitrogens with two attached hydrogens (primary N) is 1. The van der Waals surface area contributed by atoms with Gasteiger partial charge in [0.15, 0.2) is 5.79 Å². The van der Waals surface area contributed by atoms with E-state index >= 15 is 0 Å². The minimum Gasteiger partial charge on any atom is -0.387 e. The molecule has 0 aromatic carbocycles. The molecule has 0 bridgehead atoms. The molecule has 0 saturated heterocycles. The third-order valence-corrected chi connectivity index (χ3v) is 1.91. The molecule has 0 aromatic rings. The van der Waals surface area contributed by atoms with Crippen molar-refractivity contribution in [1.82, 2.24) is 0 Å². The first-order valence-corrected chi connectivity index (χ1v) is 3.55. The van der Waals surface area contributed by atoms with Crippen LogP contribution in [-0.4, -0.2) is 33.1 Å². The molecule has 1 aliphatic rings. The molecule has 5 heteroatoms. The van der Waals surface area contributed by atoms with Crippen molar-refractivity contribution in [1.29, 1.82) is 0 Å². The molecular formula is C7H11NO4. The number of rotatable bonds is 1. The Balaban J connectivity index is 2.78. The van der Waals surface area contributed by atoms with E-state index in [4.69, 9.17) is 21.1 Å². The van der Waals surface area contributed by atoms with Crippen molar-refractivity contribution in [2.45, 2.75) is 24.7 Å². The third-order valence-electron chi connectivity index (χ3n) is 1.91. The first-order chi connectivity index (χ1) is 5.43. The summed E-state index contributed by atoms with van der Waals surface area (Å²) in [4.78, 5) is 10.6. The summed E-state index contributed by atoms with van der Waals surface area (Å²) in [6.07, 6.45) is -0.297. The Hall–Kier alpha value is -0.910. The van der Waals surface area contributed by atoms with E-state index in [0.29, 0.717) is 0 Å². The van der Waals surface area contributed by atoms with Gasteiger partial charge in [0, 0.05) is 18.4 Å². The summed E-state index contributed by atoms with van der Waals surface area (Å²) >= 11 is 0. The average Bonchev–Trinajstić information content (AvgIpc) is 1.94. The summed E-state index contributed by atoms with van der Waals surface area (Å²) in [6, 6.07) is 0. The maximum absolute atomic E-state index is 10.6. The van der Waals surface area contributed by atoms with E-state index in [2.05, 4.69) is 0 Å². The fraction of sp³-hybridized carbons (Fsp3) is 0.571. The normalized spacial score (nSPS) is 27.9. The number of carbonyl (C=O) groups excluding carboxylic acids is 1. The highest BCUT2D eigenvalue weighted by Gasteiger charge is 2.36. The van der Waals surface area contributed by atoms with Crippen LogP contribution in [0, 0.1) is 0 Å². The SMILES string of the molecule is NC(=O)C1=CCC(O)(O)C(O)C1. The summed E-state index contributed by atoms with van der Waals surface area (Å²) in [5.74, 6) is -2.76. The van der Waals surface area contributed by atoms with Crippen molar-refractivity contribution >= 4 is 5.91 Å². The Morgan fingerprint density at radius 2 is 2.25 bits per heavy atom. The number of hydrogen-bond donors (Lipinski definition) is 4. The van der Waals surface area contributed by atoms with E-state index in [1.165, 1.54) is 6.08 Å². The monoisotopic (exact) mass is 173 g/mol. The van der Waals surface area contributed by atoms with Gasteiger partial charge in [-0.3, -0.25) is 4.79 Å². The van der Waals surface area contributed by atoms with E-state index in [9.17, 15) is 4.79 Å². The van der Waals surface area contributed by atoms with E-state index in [-0.39, 0.29) is 18.4 Å². The standard InChI is InChI=1S/C7H11NO4/c8-6(10)4-1-2-7(11,12)5(9)3-4/h1,5,9,11-12H,2-3H2,(H2,8,10). The Morgan fingerprint density at radius 3 is 2.67 bits per heavy atom. The molecule has 1 aliphatic carbocycles. The minimum atomic E-state index is -2.13. The van der Waals surface area contributed by atoms with Crippen molar-refractivity contribution < 1.29 is 20.1 Å². The van der Waals surface area contributed by atoms with Gasteiger partial charge in [-0.15, -0.1) is 0 Å². The van der Waals surface area contributed by atoms with Crippen LogP contribution in [0.4, 0.5) is 0 Å². The van der Waals surface area contributed by atoms with Crippen molar-refractivity contribution in [2.75, 3.05) is 0 Å². The molecule has 5 N–H and O–H groups in total. The Labute approximate surface area is 69.1 Å². The lowest BCUT2D eigenvalue weighted by Crippen LogP contribution is -2.45. The molecule has 0 aromatic heterocycles. The van der Waals surface area contributed by atoms with Crippen molar-refractivity contribution in [3.05, 3.63) is 11.6 Å². The van der Waals surface area contributed by atoms with E-state index < -0.39 is 17.8 Å². The molecule has 1 amide bonds. The number of primary amides is 1. The van der Waals surface area contributed by atoms with E-state index in [0.717, 1.165) is 0 Å². The van der Waals surface area contributed by atoms with Gasteiger partial charge >= 0.3 is 0 Å². The van der Waals surface area contributed by atoms with Gasteiger partial charge in [-0.1, -0.05) is 6.08 Å². The topological polar surface area (TPSA) is 104 Å². The van der Waals surface area contributed by atoms with Crippen LogP contribution < -0.4 is 5.73 Å². The first-order valence-electron chi connectivity index (χ1n) is 3.55. The van der Waals surface area contributed by atoms with Gasteiger partial charge in [0.1, 0.15) is 6.10 Å². The van der Waals surface area contributed by atoms with Crippen LogP contribution in [0.1, 0.15) is 12.8 Å². The molecule has 0 aliphatic heterocycles. The smallest absolute Gasteiger partial charge is 0.244 e. The quantitative estimate of drug-likeness (QED) is 0.352. The summed E-state index contributed by atoms with van der Waals surface area (Å²) in [7, 11) is 0.